The first kappa shape index (κ1) is 11.3. The summed E-state index contributed by atoms with van der Waals surface area (Å²) in [5, 5.41) is 0. The lowest BCUT2D eigenvalue weighted by atomic mass is 10.3. The maximum Gasteiger partial charge on any atom is -0.0316 e. The Hall–Kier alpha value is -0.520. The minimum Gasteiger partial charge on any atom is -0.103 e. The Kier molecular flexibility index (Phi) is 19.6. The van der Waals surface area contributed by atoms with Gasteiger partial charge >= 0.3 is 0 Å². The fraction of sp³-hybridized carbons (Fsp3) is 0.556. The van der Waals surface area contributed by atoms with Crippen LogP contribution in [0.25, 0.3) is 0 Å². The molecule has 0 heteroatoms. The Morgan fingerprint density at radius 3 is 2.11 bits per heavy atom. The standard InChI is InChI=1S/C7H12.C2H6/c1-3-5-7-6-4-2;1-2/h3-4,6H,1,5,7H2,2H3;1-2H3/b6-4-;. The molecule has 0 rings (SSSR count). The van der Waals surface area contributed by atoms with Crippen molar-refractivity contribution < 1.29 is 0 Å². The Bertz CT molecular complexity index is 60.4. The number of hydrogen-bond acceptors (Lipinski definition) is 0. The third-order valence-electron chi connectivity index (χ3n) is 0.773. The van der Waals surface area contributed by atoms with E-state index in [2.05, 4.69) is 18.7 Å². The van der Waals surface area contributed by atoms with Crippen molar-refractivity contribution in [3.05, 3.63) is 24.8 Å². The van der Waals surface area contributed by atoms with E-state index < -0.39 is 0 Å². The second-order valence-corrected chi connectivity index (χ2v) is 1.44. The van der Waals surface area contributed by atoms with Crippen LogP contribution in [0.4, 0.5) is 0 Å². The van der Waals surface area contributed by atoms with Gasteiger partial charge in [-0.2, -0.15) is 0 Å². The first-order chi connectivity index (χ1) is 4.41. The highest BCUT2D eigenvalue weighted by atomic mass is 13.7. The quantitative estimate of drug-likeness (QED) is 0.400. The molecule has 54 valence electrons. The zero-order chi connectivity index (χ0) is 7.54. The second kappa shape index (κ2) is 15.6. The lowest BCUT2D eigenvalue weighted by Crippen LogP contribution is -1.58. The van der Waals surface area contributed by atoms with Crippen molar-refractivity contribution in [1.82, 2.24) is 0 Å². The summed E-state index contributed by atoms with van der Waals surface area (Å²) < 4.78 is 0. The van der Waals surface area contributed by atoms with Crippen molar-refractivity contribution in [3.63, 3.8) is 0 Å². The van der Waals surface area contributed by atoms with Crippen LogP contribution in [0.15, 0.2) is 24.8 Å². The molecule has 0 N–H and O–H groups in total. The minimum absolute atomic E-state index is 1.10. The molecule has 0 unspecified atom stereocenters. The maximum absolute atomic E-state index is 3.60. The van der Waals surface area contributed by atoms with Gasteiger partial charge in [0, 0.05) is 0 Å². The predicted octanol–water partition coefficient (Wildman–Crippen LogP) is 3.55. The molecule has 0 fully saturated rings. The van der Waals surface area contributed by atoms with Crippen LogP contribution in [0.5, 0.6) is 0 Å². The largest absolute Gasteiger partial charge is 0.103 e. The first-order valence-electron chi connectivity index (χ1n) is 3.64. The molecule has 0 heterocycles. The zero-order valence-electron chi connectivity index (χ0n) is 6.85. The Morgan fingerprint density at radius 1 is 1.22 bits per heavy atom. The fourth-order valence-corrected chi connectivity index (χ4v) is 0.381. The van der Waals surface area contributed by atoms with E-state index in [9.17, 15) is 0 Å². The highest BCUT2D eigenvalue weighted by molar-refractivity contribution is 4.80. The summed E-state index contributed by atoms with van der Waals surface area (Å²) in [5.74, 6) is 0. The van der Waals surface area contributed by atoms with Crippen molar-refractivity contribution in [2.75, 3.05) is 0 Å². The number of unbranched alkanes of at least 4 members (excludes halogenated alkanes) is 1. The van der Waals surface area contributed by atoms with E-state index in [1.165, 1.54) is 0 Å². The van der Waals surface area contributed by atoms with Crippen LogP contribution in [0.1, 0.15) is 33.6 Å². The van der Waals surface area contributed by atoms with Crippen LogP contribution < -0.4 is 0 Å². The lowest BCUT2D eigenvalue weighted by molar-refractivity contribution is 1.05. The molecule has 0 spiro atoms. The van der Waals surface area contributed by atoms with Crippen LogP contribution in [-0.2, 0) is 0 Å². The Morgan fingerprint density at radius 2 is 1.78 bits per heavy atom. The third kappa shape index (κ3) is 18.5. The molecule has 0 aromatic heterocycles. The smallest absolute Gasteiger partial charge is 0.0316 e. The molecule has 0 saturated heterocycles. The van der Waals surface area contributed by atoms with E-state index in [4.69, 9.17) is 0 Å². The third-order valence-corrected chi connectivity index (χ3v) is 0.773. The van der Waals surface area contributed by atoms with Gasteiger partial charge in [0.15, 0.2) is 0 Å². The molecule has 0 amide bonds. The monoisotopic (exact) mass is 126 g/mol. The average molecular weight is 126 g/mol. The highest BCUT2D eigenvalue weighted by Crippen LogP contribution is 1.88. The summed E-state index contributed by atoms with van der Waals surface area (Å²) in [7, 11) is 0. The first-order valence-corrected chi connectivity index (χ1v) is 3.64. The molecule has 0 nitrogen and oxygen atoms in total. The molecule has 0 aliphatic carbocycles. The van der Waals surface area contributed by atoms with E-state index in [0.29, 0.717) is 0 Å². The predicted molar refractivity (Wildman–Crippen MR) is 45.6 cm³/mol. The summed E-state index contributed by atoms with van der Waals surface area (Å²) in [6, 6.07) is 0. The van der Waals surface area contributed by atoms with Gasteiger partial charge in [0.25, 0.3) is 0 Å². The zero-order valence-corrected chi connectivity index (χ0v) is 6.85. The van der Waals surface area contributed by atoms with Crippen molar-refractivity contribution >= 4 is 0 Å². The van der Waals surface area contributed by atoms with Gasteiger partial charge in [-0.25, -0.2) is 0 Å². The topological polar surface area (TPSA) is 0 Å². The van der Waals surface area contributed by atoms with Crippen molar-refractivity contribution in [3.8, 4) is 0 Å². The second-order valence-electron chi connectivity index (χ2n) is 1.44. The molecular formula is C9H18. The Balaban J connectivity index is 0. The van der Waals surface area contributed by atoms with Gasteiger partial charge in [-0.15, -0.1) is 6.58 Å². The summed E-state index contributed by atoms with van der Waals surface area (Å²) in [6.07, 6.45) is 8.37. The van der Waals surface area contributed by atoms with Gasteiger partial charge in [0.05, 0.1) is 0 Å². The molecule has 0 aromatic carbocycles. The molecule has 9 heavy (non-hydrogen) atoms. The molecule has 0 bridgehead atoms. The number of hydrogen-bond donors (Lipinski definition) is 0. The van der Waals surface area contributed by atoms with E-state index in [0.717, 1.165) is 12.8 Å². The SMILES string of the molecule is C=CCC/C=C\C.CC. The molecular weight excluding hydrogens is 108 g/mol. The highest BCUT2D eigenvalue weighted by Gasteiger charge is 1.68. The molecule has 0 aliphatic heterocycles. The minimum atomic E-state index is 1.10. The molecule has 0 atom stereocenters. The maximum atomic E-state index is 3.60. The van der Waals surface area contributed by atoms with E-state index in [1.54, 1.807) is 0 Å². The van der Waals surface area contributed by atoms with Crippen LogP contribution in [0.3, 0.4) is 0 Å². The Labute approximate surface area is 59.3 Å². The van der Waals surface area contributed by atoms with Crippen LogP contribution in [0, 0.1) is 0 Å². The van der Waals surface area contributed by atoms with Crippen molar-refractivity contribution in [2.45, 2.75) is 33.6 Å². The van der Waals surface area contributed by atoms with Crippen LogP contribution in [0.2, 0.25) is 0 Å². The van der Waals surface area contributed by atoms with Crippen molar-refractivity contribution in [1.29, 1.82) is 0 Å². The summed E-state index contributed by atoms with van der Waals surface area (Å²) in [6.45, 7) is 9.63. The molecule has 0 radical (unpaired) electrons. The van der Waals surface area contributed by atoms with Gasteiger partial charge in [-0.1, -0.05) is 32.1 Å². The summed E-state index contributed by atoms with van der Waals surface area (Å²) in [4.78, 5) is 0. The van der Waals surface area contributed by atoms with Gasteiger partial charge in [-0.05, 0) is 19.8 Å². The summed E-state index contributed by atoms with van der Waals surface area (Å²) in [5.41, 5.74) is 0. The van der Waals surface area contributed by atoms with Crippen molar-refractivity contribution in [2.24, 2.45) is 0 Å². The van der Waals surface area contributed by atoms with E-state index in [-0.39, 0.29) is 0 Å². The van der Waals surface area contributed by atoms with Gasteiger partial charge in [0.2, 0.25) is 0 Å². The van der Waals surface area contributed by atoms with E-state index in [1.807, 2.05) is 26.8 Å². The van der Waals surface area contributed by atoms with Crippen LogP contribution in [-0.4, -0.2) is 0 Å². The van der Waals surface area contributed by atoms with Crippen LogP contribution >= 0.6 is 0 Å². The summed E-state index contributed by atoms with van der Waals surface area (Å²) >= 11 is 0. The fourth-order valence-electron chi connectivity index (χ4n) is 0.381. The molecule has 0 aromatic rings. The average Bonchev–Trinajstić information content (AvgIpc) is 1.94. The number of allylic oxidation sites excluding steroid dienone is 3. The normalized spacial score (nSPS) is 8.33. The van der Waals surface area contributed by atoms with Gasteiger partial charge < -0.3 is 0 Å². The van der Waals surface area contributed by atoms with Gasteiger partial charge in [0.1, 0.15) is 0 Å². The molecule has 0 aliphatic rings. The lowest BCUT2D eigenvalue weighted by Gasteiger charge is -1.79. The van der Waals surface area contributed by atoms with Gasteiger partial charge in [-0.3, -0.25) is 0 Å². The van der Waals surface area contributed by atoms with E-state index >= 15 is 0 Å². The molecule has 0 saturated carbocycles. The number of rotatable bonds is 3.